The van der Waals surface area contributed by atoms with Crippen molar-refractivity contribution in [2.45, 2.75) is 63.6 Å². The van der Waals surface area contributed by atoms with Crippen molar-refractivity contribution >= 4 is 11.8 Å². The van der Waals surface area contributed by atoms with E-state index < -0.39 is 0 Å². The van der Waals surface area contributed by atoms with Gasteiger partial charge in [-0.1, -0.05) is 0 Å². The highest BCUT2D eigenvalue weighted by Gasteiger charge is 2.41. The number of hydrogen-bond donors (Lipinski definition) is 3. The van der Waals surface area contributed by atoms with Gasteiger partial charge in [0.15, 0.2) is 5.69 Å². The highest BCUT2D eigenvalue weighted by molar-refractivity contribution is 5.94. The van der Waals surface area contributed by atoms with Crippen LogP contribution in [0.15, 0.2) is 0 Å². The van der Waals surface area contributed by atoms with Gasteiger partial charge in [-0.2, -0.15) is 5.10 Å². The average molecular weight is 375 g/mol. The number of rotatable bonds is 5. The van der Waals surface area contributed by atoms with Gasteiger partial charge >= 0.3 is 0 Å². The first-order valence-electron chi connectivity index (χ1n) is 10.2. The lowest BCUT2D eigenvalue weighted by Gasteiger charge is -2.34. The lowest BCUT2D eigenvalue weighted by Crippen LogP contribution is -2.49. The highest BCUT2D eigenvalue weighted by atomic mass is 16.5. The van der Waals surface area contributed by atoms with E-state index in [-0.39, 0.29) is 23.9 Å². The number of carbonyl (C=O) groups excluding carboxylic acids is 2. The molecule has 2 fully saturated rings. The largest absolute Gasteiger partial charge is 0.381 e. The molecule has 3 N–H and O–H groups in total. The summed E-state index contributed by atoms with van der Waals surface area (Å²) in [5.74, 6) is -0.0655. The molecule has 0 bridgehead atoms. The third kappa shape index (κ3) is 3.73. The molecule has 2 amide bonds. The molecule has 1 aromatic heterocycles. The summed E-state index contributed by atoms with van der Waals surface area (Å²) in [6.07, 6.45) is 5.46. The molecule has 0 unspecified atom stereocenters. The van der Waals surface area contributed by atoms with Gasteiger partial charge < -0.3 is 15.4 Å². The molecule has 1 aromatic rings. The van der Waals surface area contributed by atoms with Gasteiger partial charge in [0.05, 0.1) is 6.04 Å². The highest BCUT2D eigenvalue weighted by Crippen LogP contribution is 2.27. The Bertz CT molecular complexity index is 698. The van der Waals surface area contributed by atoms with Gasteiger partial charge in [0.1, 0.15) is 0 Å². The van der Waals surface area contributed by atoms with Crippen LogP contribution in [0, 0.1) is 0 Å². The number of aromatic nitrogens is 2. The molecule has 8 nitrogen and oxygen atoms in total. The first-order valence-corrected chi connectivity index (χ1v) is 10.2. The zero-order valence-corrected chi connectivity index (χ0v) is 15.9. The maximum absolute atomic E-state index is 12.8. The number of likely N-dealkylation sites (tertiary alicyclic amines) is 1. The third-order valence-electron chi connectivity index (χ3n) is 6.01. The second-order valence-electron chi connectivity index (χ2n) is 7.74. The van der Waals surface area contributed by atoms with Gasteiger partial charge in [-0.3, -0.25) is 19.6 Å². The number of aryl methyl sites for hydroxylation is 1. The summed E-state index contributed by atoms with van der Waals surface area (Å²) in [7, 11) is 0. The van der Waals surface area contributed by atoms with E-state index in [1.807, 2.05) is 6.92 Å². The number of nitrogens with one attached hydrogen (secondary N) is 3. The maximum Gasteiger partial charge on any atom is 0.272 e. The number of aromatic amines is 1. The van der Waals surface area contributed by atoms with Crippen molar-refractivity contribution in [3.8, 4) is 0 Å². The zero-order valence-electron chi connectivity index (χ0n) is 15.9. The smallest absolute Gasteiger partial charge is 0.272 e. The van der Waals surface area contributed by atoms with Gasteiger partial charge in [0.2, 0.25) is 5.91 Å². The van der Waals surface area contributed by atoms with Crippen molar-refractivity contribution in [1.29, 1.82) is 0 Å². The minimum absolute atomic E-state index is 0.0401. The topological polar surface area (TPSA) is 99.3 Å². The summed E-state index contributed by atoms with van der Waals surface area (Å²) in [5.41, 5.74) is 2.68. The van der Waals surface area contributed by atoms with Crippen LogP contribution in [0.25, 0.3) is 0 Å². The molecule has 148 valence electrons. The Balaban J connectivity index is 1.44. The predicted molar refractivity (Wildman–Crippen MR) is 99.5 cm³/mol. The van der Waals surface area contributed by atoms with Crippen LogP contribution in [0.5, 0.6) is 0 Å². The molecule has 3 heterocycles. The monoisotopic (exact) mass is 375 g/mol. The Morgan fingerprint density at radius 1 is 1.30 bits per heavy atom. The van der Waals surface area contributed by atoms with Crippen LogP contribution in [0.2, 0.25) is 0 Å². The van der Waals surface area contributed by atoms with E-state index in [9.17, 15) is 9.59 Å². The average Bonchev–Trinajstić information content (AvgIpc) is 3.38. The fourth-order valence-electron chi connectivity index (χ4n) is 4.70. The second kappa shape index (κ2) is 7.98. The summed E-state index contributed by atoms with van der Waals surface area (Å²) >= 11 is 0. The van der Waals surface area contributed by atoms with Crippen molar-refractivity contribution in [3.63, 3.8) is 0 Å². The standard InChI is InChI=1S/C19H29N5O3/c1-2-20-18(25)16-10-12(11-24(16)13-6-8-27-9-7-13)21-19(26)17-14-4-3-5-15(14)22-23-17/h12-13,16H,2-11H2,1H3,(H,20,25)(H,21,26)(H,22,23)/t12-,16-/m0/s1. The number of likely N-dealkylation sites (N-methyl/N-ethyl adjacent to an activating group) is 1. The Morgan fingerprint density at radius 3 is 2.89 bits per heavy atom. The predicted octanol–water partition coefficient (Wildman–Crippen LogP) is 0.386. The van der Waals surface area contributed by atoms with Crippen LogP contribution < -0.4 is 10.6 Å². The van der Waals surface area contributed by atoms with E-state index in [2.05, 4.69) is 25.7 Å². The minimum atomic E-state index is -0.191. The minimum Gasteiger partial charge on any atom is -0.381 e. The van der Waals surface area contributed by atoms with Crippen LogP contribution in [-0.4, -0.2) is 71.3 Å². The maximum atomic E-state index is 12.8. The van der Waals surface area contributed by atoms with E-state index in [1.165, 1.54) is 0 Å². The summed E-state index contributed by atoms with van der Waals surface area (Å²) in [6, 6.07) is 0.104. The van der Waals surface area contributed by atoms with Crippen molar-refractivity contribution in [2.75, 3.05) is 26.3 Å². The fourth-order valence-corrected chi connectivity index (χ4v) is 4.70. The fraction of sp³-hybridized carbons (Fsp3) is 0.737. The van der Waals surface area contributed by atoms with Gasteiger partial charge in [-0.05, 0) is 45.4 Å². The zero-order chi connectivity index (χ0) is 18.8. The Hall–Kier alpha value is -1.93. The second-order valence-corrected chi connectivity index (χ2v) is 7.74. The van der Waals surface area contributed by atoms with Crippen molar-refractivity contribution in [3.05, 3.63) is 17.0 Å². The molecule has 0 saturated carbocycles. The van der Waals surface area contributed by atoms with Crippen molar-refractivity contribution < 1.29 is 14.3 Å². The van der Waals surface area contributed by atoms with Gasteiger partial charge in [-0.25, -0.2) is 0 Å². The molecule has 0 aromatic carbocycles. The first-order chi connectivity index (χ1) is 13.2. The molecule has 2 aliphatic heterocycles. The van der Waals surface area contributed by atoms with E-state index in [0.29, 0.717) is 31.2 Å². The first kappa shape index (κ1) is 18.4. The molecular formula is C19H29N5O3. The van der Waals surface area contributed by atoms with Crippen LogP contribution in [-0.2, 0) is 22.4 Å². The number of nitrogens with zero attached hydrogens (tertiary/aromatic N) is 2. The van der Waals surface area contributed by atoms with E-state index in [1.54, 1.807) is 0 Å². The summed E-state index contributed by atoms with van der Waals surface area (Å²) < 4.78 is 5.48. The van der Waals surface area contributed by atoms with Crippen molar-refractivity contribution in [1.82, 2.24) is 25.7 Å². The van der Waals surface area contributed by atoms with Crippen LogP contribution in [0.1, 0.15) is 54.4 Å². The molecule has 0 radical (unpaired) electrons. The SMILES string of the molecule is CCNC(=O)[C@@H]1C[C@H](NC(=O)c2n[nH]c3c2CCC3)CN1C1CCOCC1. The molecule has 3 aliphatic rings. The molecule has 2 saturated heterocycles. The number of fused-ring (bicyclic) bond motifs is 1. The normalized spacial score (nSPS) is 26.1. The molecule has 2 atom stereocenters. The summed E-state index contributed by atoms with van der Waals surface area (Å²) in [6.45, 7) is 4.72. The summed E-state index contributed by atoms with van der Waals surface area (Å²) in [5, 5.41) is 13.3. The molecule has 8 heteroatoms. The van der Waals surface area contributed by atoms with E-state index >= 15 is 0 Å². The number of amides is 2. The van der Waals surface area contributed by atoms with E-state index in [4.69, 9.17) is 4.74 Å². The van der Waals surface area contributed by atoms with Gasteiger partial charge in [0.25, 0.3) is 5.91 Å². The molecular weight excluding hydrogens is 346 g/mol. The Kier molecular flexibility index (Phi) is 5.45. The van der Waals surface area contributed by atoms with Crippen LogP contribution in [0.4, 0.5) is 0 Å². The molecule has 4 rings (SSSR count). The van der Waals surface area contributed by atoms with E-state index in [0.717, 1.165) is 56.6 Å². The summed E-state index contributed by atoms with van der Waals surface area (Å²) in [4.78, 5) is 27.6. The third-order valence-corrected chi connectivity index (χ3v) is 6.01. The van der Waals surface area contributed by atoms with Crippen molar-refractivity contribution in [2.24, 2.45) is 0 Å². The number of H-pyrrole nitrogens is 1. The number of hydrogen-bond acceptors (Lipinski definition) is 5. The van der Waals surface area contributed by atoms with Gasteiger partial charge in [-0.15, -0.1) is 0 Å². The van der Waals surface area contributed by atoms with Crippen LogP contribution >= 0.6 is 0 Å². The van der Waals surface area contributed by atoms with Crippen LogP contribution in [0.3, 0.4) is 0 Å². The lowest BCUT2D eigenvalue weighted by molar-refractivity contribution is -0.126. The molecule has 1 aliphatic carbocycles. The quantitative estimate of drug-likeness (QED) is 0.691. The number of ether oxygens (including phenoxy) is 1. The Morgan fingerprint density at radius 2 is 2.11 bits per heavy atom. The molecule has 0 spiro atoms. The molecule has 27 heavy (non-hydrogen) atoms. The number of carbonyl (C=O) groups is 2. The lowest BCUT2D eigenvalue weighted by atomic mass is 10.1. The Labute approximate surface area is 159 Å². The van der Waals surface area contributed by atoms with Gasteiger partial charge in [0, 0.05) is 49.6 Å².